The third-order valence-corrected chi connectivity index (χ3v) is 8.93. The molecule has 0 unspecified atom stereocenters. The maximum Gasteiger partial charge on any atom is 0.289 e. The minimum atomic E-state index is -2.02. The number of aliphatic hydroxyl groups is 1. The van der Waals surface area contributed by atoms with Gasteiger partial charge in [-0.25, -0.2) is 0 Å². The smallest absolute Gasteiger partial charge is 0.289 e. The Morgan fingerprint density at radius 1 is 0.881 bits per heavy atom. The molecule has 222 valence electrons. The topological polar surface area (TPSA) is 154 Å². The molecule has 0 radical (unpaired) electrons. The van der Waals surface area contributed by atoms with Gasteiger partial charge >= 0.3 is 0 Å². The van der Waals surface area contributed by atoms with E-state index in [4.69, 9.17) is 0 Å². The van der Waals surface area contributed by atoms with Crippen LogP contribution in [0.2, 0.25) is 0 Å². The number of nitrogens with one attached hydrogen (secondary N) is 4. The van der Waals surface area contributed by atoms with Gasteiger partial charge in [0.15, 0.2) is 5.60 Å². The van der Waals surface area contributed by atoms with E-state index in [-0.39, 0.29) is 18.2 Å². The molecule has 10 nitrogen and oxygen atoms in total. The summed E-state index contributed by atoms with van der Waals surface area (Å²) in [4.78, 5) is 65.4. The van der Waals surface area contributed by atoms with E-state index in [1.54, 1.807) is 24.3 Å². The van der Waals surface area contributed by atoms with Gasteiger partial charge in [0.25, 0.3) is 11.8 Å². The van der Waals surface area contributed by atoms with Crippen molar-refractivity contribution in [2.24, 2.45) is 11.8 Å². The lowest BCUT2D eigenvalue weighted by Crippen LogP contribution is -2.57. The Kier molecular flexibility index (Phi) is 8.72. The molecule has 1 aliphatic heterocycles. The first kappa shape index (κ1) is 29.4. The van der Waals surface area contributed by atoms with Gasteiger partial charge in [-0.05, 0) is 36.3 Å². The zero-order chi connectivity index (χ0) is 29.9. The van der Waals surface area contributed by atoms with Crippen molar-refractivity contribution in [2.75, 3.05) is 13.6 Å². The van der Waals surface area contributed by atoms with Crippen molar-refractivity contribution in [2.45, 2.75) is 69.1 Å². The molecular formula is C32H38N4O6. The zero-order valence-corrected chi connectivity index (χ0v) is 23.8. The van der Waals surface area contributed by atoms with Crippen LogP contribution in [0.25, 0.3) is 11.1 Å². The molecule has 1 saturated carbocycles. The molecule has 5 N–H and O–H groups in total. The summed E-state index contributed by atoms with van der Waals surface area (Å²) in [5.74, 6) is -3.68. The monoisotopic (exact) mass is 574 g/mol. The lowest BCUT2D eigenvalue weighted by Gasteiger charge is -2.31. The molecule has 4 amide bonds. The van der Waals surface area contributed by atoms with Gasteiger partial charge in [-0.2, -0.15) is 0 Å². The van der Waals surface area contributed by atoms with Crippen molar-refractivity contribution in [3.05, 3.63) is 59.7 Å². The van der Waals surface area contributed by atoms with Crippen LogP contribution in [0.5, 0.6) is 0 Å². The normalized spacial score (nSPS) is 20.4. The Balaban J connectivity index is 1.42. The lowest BCUT2D eigenvalue weighted by molar-refractivity contribution is -0.142. The van der Waals surface area contributed by atoms with Gasteiger partial charge in [-0.15, -0.1) is 0 Å². The van der Waals surface area contributed by atoms with Crippen LogP contribution in [0, 0.1) is 11.8 Å². The fourth-order valence-electron chi connectivity index (χ4n) is 6.65. The molecule has 2 aliphatic carbocycles. The maximum absolute atomic E-state index is 14.0. The average molecular weight is 575 g/mol. The van der Waals surface area contributed by atoms with Crippen molar-refractivity contribution in [1.29, 1.82) is 0 Å². The number of carbonyl (C=O) groups excluding carboxylic acids is 5. The number of hydrogen-bond donors (Lipinski definition) is 5. The Morgan fingerprint density at radius 3 is 2.07 bits per heavy atom. The quantitative estimate of drug-likeness (QED) is 0.272. The highest BCUT2D eigenvalue weighted by Gasteiger charge is 2.49. The summed E-state index contributed by atoms with van der Waals surface area (Å²) in [6, 6.07) is 12.0. The number of carbonyl (C=O) groups is 5. The molecule has 1 heterocycles. The zero-order valence-electron chi connectivity index (χ0n) is 23.8. The van der Waals surface area contributed by atoms with Crippen molar-refractivity contribution >= 4 is 29.4 Å². The van der Waals surface area contributed by atoms with Crippen LogP contribution in [0.1, 0.15) is 62.5 Å². The predicted molar refractivity (Wildman–Crippen MR) is 155 cm³/mol. The highest BCUT2D eigenvalue weighted by Crippen LogP contribution is 2.47. The van der Waals surface area contributed by atoms with Crippen molar-refractivity contribution < 1.29 is 29.1 Å². The highest BCUT2D eigenvalue weighted by atomic mass is 16.3. The number of rotatable bonds is 10. The first-order valence-electron chi connectivity index (χ1n) is 14.8. The number of benzene rings is 2. The summed E-state index contributed by atoms with van der Waals surface area (Å²) in [6.07, 6.45) is 5.73. The Morgan fingerprint density at radius 2 is 1.50 bits per heavy atom. The van der Waals surface area contributed by atoms with E-state index >= 15 is 0 Å². The van der Waals surface area contributed by atoms with Crippen LogP contribution < -0.4 is 21.3 Å². The molecule has 2 fully saturated rings. The third kappa shape index (κ3) is 5.68. The second-order valence-corrected chi connectivity index (χ2v) is 11.6. The lowest BCUT2D eigenvalue weighted by atomic mass is 9.84. The average Bonchev–Trinajstić information content (AvgIpc) is 3.54. The van der Waals surface area contributed by atoms with Crippen LogP contribution >= 0.6 is 0 Å². The summed E-state index contributed by atoms with van der Waals surface area (Å²) in [6.45, 7) is 0.459. The summed E-state index contributed by atoms with van der Waals surface area (Å²) in [5, 5.41) is 22.5. The largest absolute Gasteiger partial charge is 0.372 e. The van der Waals surface area contributed by atoms with Crippen molar-refractivity contribution in [3.8, 4) is 11.1 Å². The fourth-order valence-corrected chi connectivity index (χ4v) is 6.65. The van der Waals surface area contributed by atoms with Gasteiger partial charge in [0.2, 0.25) is 17.6 Å². The van der Waals surface area contributed by atoms with Gasteiger partial charge in [0, 0.05) is 30.6 Å². The molecule has 3 aliphatic rings. The van der Waals surface area contributed by atoms with Gasteiger partial charge in [0.05, 0.1) is 6.04 Å². The SMILES string of the molecule is CNC(=O)C(=O)[C@H](C[C@H]1CCNC1=O)NC(=O)[C@H](CC1CCCCC1)NC(=O)C1(O)c2ccccc2-c2ccccc21. The van der Waals surface area contributed by atoms with Gasteiger partial charge in [-0.3, -0.25) is 24.0 Å². The van der Waals surface area contributed by atoms with Gasteiger partial charge < -0.3 is 26.4 Å². The first-order chi connectivity index (χ1) is 20.2. The van der Waals surface area contributed by atoms with E-state index in [1.807, 2.05) is 24.3 Å². The summed E-state index contributed by atoms with van der Waals surface area (Å²) in [5.41, 5.74) is 0.327. The Bertz CT molecular complexity index is 1340. The minimum absolute atomic E-state index is 0.0292. The summed E-state index contributed by atoms with van der Waals surface area (Å²) < 4.78 is 0. The molecule has 0 bridgehead atoms. The maximum atomic E-state index is 14.0. The van der Waals surface area contributed by atoms with E-state index in [0.29, 0.717) is 30.5 Å². The fraction of sp³-hybridized carbons (Fsp3) is 0.469. The number of ketones is 1. The van der Waals surface area contributed by atoms with Gasteiger partial charge in [-0.1, -0.05) is 80.6 Å². The molecule has 2 aromatic carbocycles. The number of likely N-dealkylation sites (N-methyl/N-ethyl adjacent to an activating group) is 1. The molecular weight excluding hydrogens is 536 g/mol. The molecule has 5 rings (SSSR count). The number of Topliss-reactive ketones (excluding diaryl/α,β-unsaturated/α-hetero) is 1. The van der Waals surface area contributed by atoms with E-state index in [0.717, 1.165) is 43.2 Å². The van der Waals surface area contributed by atoms with Crippen LogP contribution in [0.15, 0.2) is 48.5 Å². The Labute approximate surface area is 245 Å². The second-order valence-electron chi connectivity index (χ2n) is 11.6. The van der Waals surface area contributed by atoms with Gasteiger partial charge in [0.1, 0.15) is 6.04 Å². The molecule has 0 spiro atoms. The highest BCUT2D eigenvalue weighted by molar-refractivity contribution is 6.38. The van der Waals surface area contributed by atoms with E-state index in [1.165, 1.54) is 7.05 Å². The molecule has 3 atom stereocenters. The van der Waals surface area contributed by atoms with Crippen molar-refractivity contribution in [1.82, 2.24) is 21.3 Å². The molecule has 1 saturated heterocycles. The molecule has 0 aromatic heterocycles. The first-order valence-corrected chi connectivity index (χ1v) is 14.8. The minimum Gasteiger partial charge on any atom is -0.372 e. The number of hydrogen-bond acceptors (Lipinski definition) is 6. The van der Waals surface area contributed by atoms with E-state index in [2.05, 4.69) is 21.3 Å². The standard InChI is InChI=1S/C32H38N4O6/c1-33-30(40)27(37)25(18-20-15-16-34-28(20)38)35-29(39)26(17-19-9-3-2-4-10-19)36-31(41)32(42)23-13-7-5-11-21(23)22-12-6-8-14-24(22)32/h5-8,11-14,19-20,25-26,42H,2-4,9-10,15-18H2,1H3,(H,33,40)(H,34,38)(H,35,39)(H,36,41)/t20-,25+,26+/m1/s1. The predicted octanol–water partition coefficient (Wildman–Crippen LogP) is 1.68. The number of amides is 4. The third-order valence-electron chi connectivity index (χ3n) is 8.93. The Hall–Kier alpha value is -4.05. The van der Waals surface area contributed by atoms with Crippen LogP contribution in [0.4, 0.5) is 0 Å². The van der Waals surface area contributed by atoms with E-state index < -0.39 is 47.1 Å². The van der Waals surface area contributed by atoms with E-state index in [9.17, 15) is 29.1 Å². The van der Waals surface area contributed by atoms with Crippen LogP contribution in [0.3, 0.4) is 0 Å². The van der Waals surface area contributed by atoms with Crippen molar-refractivity contribution in [3.63, 3.8) is 0 Å². The van der Waals surface area contributed by atoms with Crippen LogP contribution in [-0.2, 0) is 29.6 Å². The van der Waals surface area contributed by atoms with Crippen LogP contribution in [-0.4, -0.2) is 60.2 Å². The molecule has 42 heavy (non-hydrogen) atoms. The molecule has 2 aromatic rings. The second kappa shape index (κ2) is 12.4. The summed E-state index contributed by atoms with van der Waals surface area (Å²) in [7, 11) is 1.32. The number of fused-ring (bicyclic) bond motifs is 3. The summed E-state index contributed by atoms with van der Waals surface area (Å²) >= 11 is 0. The molecule has 10 heteroatoms.